The molecule has 3 rings (SSSR count). The molecule has 0 bridgehead atoms. The first kappa shape index (κ1) is 17.9. The Morgan fingerprint density at radius 2 is 1.81 bits per heavy atom. The largest absolute Gasteiger partial charge is 0.452 e. The van der Waals surface area contributed by atoms with E-state index in [0.717, 1.165) is 10.8 Å². The van der Waals surface area contributed by atoms with Crippen LogP contribution in [-0.2, 0) is 9.53 Å². The number of pyridine rings is 1. The SMILES string of the molecule is Cc1cc(C)c(C(=O)OCC(=O)Nc2ccc3ccccc3c2)c(Cl)n1. The number of hydrogen-bond donors (Lipinski definition) is 1. The van der Waals surface area contributed by atoms with Gasteiger partial charge in [-0.3, -0.25) is 4.79 Å². The second kappa shape index (κ2) is 7.54. The number of rotatable bonds is 4. The van der Waals surface area contributed by atoms with Crippen LogP contribution in [0.5, 0.6) is 0 Å². The molecular weight excluding hydrogens is 352 g/mol. The molecule has 0 aliphatic heterocycles. The third kappa shape index (κ3) is 4.00. The van der Waals surface area contributed by atoms with E-state index < -0.39 is 18.5 Å². The summed E-state index contributed by atoms with van der Waals surface area (Å²) in [5, 5.41) is 4.87. The Kier molecular flexibility index (Phi) is 5.19. The Morgan fingerprint density at radius 1 is 1.08 bits per heavy atom. The second-order valence-electron chi connectivity index (χ2n) is 5.93. The van der Waals surface area contributed by atoms with E-state index in [-0.39, 0.29) is 10.7 Å². The molecule has 26 heavy (non-hydrogen) atoms. The summed E-state index contributed by atoms with van der Waals surface area (Å²) in [6.45, 7) is 3.12. The molecule has 3 aromatic rings. The van der Waals surface area contributed by atoms with Gasteiger partial charge in [0.25, 0.3) is 5.91 Å². The molecule has 132 valence electrons. The number of anilines is 1. The van der Waals surface area contributed by atoms with Crippen molar-refractivity contribution in [3.8, 4) is 0 Å². The zero-order valence-corrected chi connectivity index (χ0v) is 15.1. The van der Waals surface area contributed by atoms with Crippen molar-refractivity contribution in [2.75, 3.05) is 11.9 Å². The van der Waals surface area contributed by atoms with Gasteiger partial charge in [-0.1, -0.05) is 41.9 Å². The quantitative estimate of drug-likeness (QED) is 0.550. The highest BCUT2D eigenvalue weighted by atomic mass is 35.5. The molecule has 0 spiro atoms. The minimum atomic E-state index is -0.673. The fourth-order valence-corrected chi connectivity index (χ4v) is 3.06. The van der Waals surface area contributed by atoms with Gasteiger partial charge in [-0.2, -0.15) is 0 Å². The molecule has 1 N–H and O–H groups in total. The van der Waals surface area contributed by atoms with Crippen LogP contribution in [0.2, 0.25) is 5.15 Å². The predicted octanol–water partition coefficient (Wildman–Crippen LogP) is 4.30. The van der Waals surface area contributed by atoms with Crippen molar-refractivity contribution in [1.29, 1.82) is 0 Å². The Morgan fingerprint density at radius 3 is 2.54 bits per heavy atom. The van der Waals surface area contributed by atoms with Crippen LogP contribution in [0.3, 0.4) is 0 Å². The van der Waals surface area contributed by atoms with Crippen LogP contribution in [0.4, 0.5) is 5.69 Å². The maximum atomic E-state index is 12.2. The molecule has 0 radical (unpaired) electrons. The van der Waals surface area contributed by atoms with Gasteiger partial charge in [-0.05, 0) is 48.4 Å². The molecule has 0 aliphatic carbocycles. The molecule has 0 aliphatic rings. The number of hydrogen-bond acceptors (Lipinski definition) is 4. The smallest absolute Gasteiger partial charge is 0.342 e. The highest BCUT2D eigenvalue weighted by Crippen LogP contribution is 2.20. The molecule has 0 fully saturated rings. The van der Waals surface area contributed by atoms with E-state index in [1.54, 1.807) is 26.0 Å². The van der Waals surface area contributed by atoms with Crippen molar-refractivity contribution in [2.45, 2.75) is 13.8 Å². The molecule has 1 aromatic heterocycles. The number of amides is 1. The average Bonchev–Trinajstić information content (AvgIpc) is 2.59. The Bertz CT molecular complexity index is 978. The highest BCUT2D eigenvalue weighted by molar-refractivity contribution is 6.32. The van der Waals surface area contributed by atoms with Crippen molar-refractivity contribution in [1.82, 2.24) is 4.98 Å². The van der Waals surface area contributed by atoms with Crippen LogP contribution < -0.4 is 5.32 Å². The van der Waals surface area contributed by atoms with Gasteiger partial charge in [0.1, 0.15) is 5.15 Å². The molecule has 6 heteroatoms. The van der Waals surface area contributed by atoms with Gasteiger partial charge in [-0.25, -0.2) is 9.78 Å². The molecule has 0 saturated heterocycles. The number of aromatic nitrogens is 1. The number of carbonyl (C=O) groups excluding carboxylic acids is 2. The number of halogens is 1. The van der Waals surface area contributed by atoms with Gasteiger partial charge in [-0.15, -0.1) is 0 Å². The van der Waals surface area contributed by atoms with Crippen molar-refractivity contribution >= 4 is 39.9 Å². The monoisotopic (exact) mass is 368 g/mol. The van der Waals surface area contributed by atoms with Crippen molar-refractivity contribution in [3.63, 3.8) is 0 Å². The van der Waals surface area contributed by atoms with Crippen LogP contribution in [0.15, 0.2) is 48.5 Å². The van der Waals surface area contributed by atoms with E-state index >= 15 is 0 Å². The average molecular weight is 369 g/mol. The first-order valence-electron chi connectivity index (χ1n) is 8.03. The van der Waals surface area contributed by atoms with Crippen LogP contribution in [0.1, 0.15) is 21.6 Å². The molecule has 1 amide bonds. The third-order valence-electron chi connectivity index (χ3n) is 3.87. The van der Waals surface area contributed by atoms with Crippen LogP contribution in [0, 0.1) is 13.8 Å². The Balaban J connectivity index is 1.64. The number of ether oxygens (including phenoxy) is 1. The number of fused-ring (bicyclic) bond motifs is 1. The Labute approximate surface area is 156 Å². The summed E-state index contributed by atoms with van der Waals surface area (Å²) in [7, 11) is 0. The molecule has 2 aromatic carbocycles. The van der Waals surface area contributed by atoms with E-state index in [4.69, 9.17) is 16.3 Å². The topological polar surface area (TPSA) is 68.3 Å². The normalized spacial score (nSPS) is 10.6. The first-order valence-corrected chi connectivity index (χ1v) is 8.41. The lowest BCUT2D eigenvalue weighted by Gasteiger charge is -2.10. The van der Waals surface area contributed by atoms with Crippen molar-refractivity contribution < 1.29 is 14.3 Å². The zero-order chi connectivity index (χ0) is 18.7. The number of carbonyl (C=O) groups is 2. The zero-order valence-electron chi connectivity index (χ0n) is 14.4. The highest BCUT2D eigenvalue weighted by Gasteiger charge is 2.18. The third-order valence-corrected chi connectivity index (χ3v) is 4.15. The summed E-state index contributed by atoms with van der Waals surface area (Å²) in [5.74, 6) is -1.10. The molecular formula is C20H17ClN2O3. The fourth-order valence-electron chi connectivity index (χ4n) is 2.70. The number of nitrogens with one attached hydrogen (secondary N) is 1. The lowest BCUT2D eigenvalue weighted by Crippen LogP contribution is -2.21. The molecule has 0 atom stereocenters. The fraction of sp³-hybridized carbons (Fsp3) is 0.150. The lowest BCUT2D eigenvalue weighted by molar-refractivity contribution is -0.119. The predicted molar refractivity (Wildman–Crippen MR) is 102 cm³/mol. The van der Waals surface area contributed by atoms with Gasteiger partial charge in [0.05, 0.1) is 5.56 Å². The summed E-state index contributed by atoms with van der Waals surface area (Å²) in [6, 6.07) is 15.1. The number of nitrogens with zero attached hydrogens (tertiary/aromatic N) is 1. The lowest BCUT2D eigenvalue weighted by atomic mass is 10.1. The molecule has 0 unspecified atom stereocenters. The number of aryl methyl sites for hydroxylation is 2. The van der Waals surface area contributed by atoms with Crippen LogP contribution in [-0.4, -0.2) is 23.5 Å². The second-order valence-corrected chi connectivity index (χ2v) is 6.29. The number of benzene rings is 2. The van der Waals surface area contributed by atoms with Gasteiger partial charge in [0.2, 0.25) is 0 Å². The maximum absolute atomic E-state index is 12.2. The molecule has 1 heterocycles. The van der Waals surface area contributed by atoms with Crippen LogP contribution >= 0.6 is 11.6 Å². The van der Waals surface area contributed by atoms with E-state index in [2.05, 4.69) is 10.3 Å². The van der Waals surface area contributed by atoms with Gasteiger partial charge >= 0.3 is 5.97 Å². The summed E-state index contributed by atoms with van der Waals surface area (Å²) >= 11 is 6.02. The summed E-state index contributed by atoms with van der Waals surface area (Å²) in [4.78, 5) is 28.3. The summed E-state index contributed by atoms with van der Waals surface area (Å²) in [6.07, 6.45) is 0. The summed E-state index contributed by atoms with van der Waals surface area (Å²) in [5.41, 5.74) is 2.17. The minimum Gasteiger partial charge on any atom is -0.452 e. The first-order chi connectivity index (χ1) is 12.4. The van der Waals surface area contributed by atoms with E-state index in [0.29, 0.717) is 16.9 Å². The standard InChI is InChI=1S/C20H17ClN2O3/c1-12-9-13(2)22-19(21)18(12)20(25)26-11-17(24)23-16-8-7-14-5-3-4-6-15(14)10-16/h3-10H,11H2,1-2H3,(H,23,24). The maximum Gasteiger partial charge on any atom is 0.342 e. The summed E-state index contributed by atoms with van der Waals surface area (Å²) < 4.78 is 5.08. The molecule has 5 nitrogen and oxygen atoms in total. The van der Waals surface area contributed by atoms with Crippen LogP contribution in [0.25, 0.3) is 10.8 Å². The Hall–Kier alpha value is -2.92. The number of esters is 1. The molecule has 0 saturated carbocycles. The van der Waals surface area contributed by atoms with Crippen molar-refractivity contribution in [2.24, 2.45) is 0 Å². The van der Waals surface area contributed by atoms with E-state index in [1.165, 1.54) is 0 Å². The van der Waals surface area contributed by atoms with E-state index in [9.17, 15) is 9.59 Å². The van der Waals surface area contributed by atoms with E-state index in [1.807, 2.05) is 36.4 Å². The van der Waals surface area contributed by atoms with Gasteiger partial charge < -0.3 is 10.1 Å². The van der Waals surface area contributed by atoms with Gasteiger partial charge in [0, 0.05) is 11.4 Å². The minimum absolute atomic E-state index is 0.0717. The van der Waals surface area contributed by atoms with Crippen molar-refractivity contribution in [3.05, 3.63) is 70.5 Å². The van der Waals surface area contributed by atoms with Gasteiger partial charge in [0.15, 0.2) is 6.61 Å².